The number of hydrogen-bond donors (Lipinski definition) is 0. The van der Waals surface area contributed by atoms with Crippen LogP contribution in [0.2, 0.25) is 0 Å². The maximum atomic E-state index is 12.0. The molecule has 0 spiro atoms. The SMILES string of the molecule is Cc1cscc1C(=O)c1sccc1Br. The van der Waals surface area contributed by atoms with Crippen LogP contribution in [0.4, 0.5) is 0 Å². The van der Waals surface area contributed by atoms with Gasteiger partial charge in [-0.15, -0.1) is 11.3 Å². The largest absolute Gasteiger partial charge is 0.288 e. The first kappa shape index (κ1) is 10.1. The number of aryl methyl sites for hydroxylation is 1. The molecule has 0 bridgehead atoms. The molecule has 0 radical (unpaired) electrons. The van der Waals surface area contributed by atoms with E-state index in [0.29, 0.717) is 0 Å². The van der Waals surface area contributed by atoms with Crippen molar-refractivity contribution < 1.29 is 4.79 Å². The van der Waals surface area contributed by atoms with E-state index < -0.39 is 0 Å². The van der Waals surface area contributed by atoms with Crippen LogP contribution in [-0.2, 0) is 0 Å². The first-order valence-electron chi connectivity index (χ1n) is 4.00. The highest BCUT2D eigenvalue weighted by molar-refractivity contribution is 9.10. The predicted octanol–water partition coefficient (Wildman–Crippen LogP) is 4.11. The Balaban J connectivity index is 2.44. The van der Waals surface area contributed by atoms with Gasteiger partial charge in [-0.25, -0.2) is 0 Å². The number of thiophene rings is 2. The Morgan fingerprint density at radius 1 is 1.43 bits per heavy atom. The standard InChI is InChI=1S/C10H7BrOS2/c1-6-4-13-5-7(6)9(12)10-8(11)2-3-14-10/h2-5H,1H3. The van der Waals surface area contributed by atoms with Crippen molar-refractivity contribution in [1.82, 2.24) is 0 Å². The molecule has 0 atom stereocenters. The molecule has 2 aromatic heterocycles. The fraction of sp³-hybridized carbons (Fsp3) is 0.100. The van der Waals surface area contributed by atoms with Gasteiger partial charge < -0.3 is 0 Å². The summed E-state index contributed by atoms with van der Waals surface area (Å²) in [6.45, 7) is 1.96. The van der Waals surface area contributed by atoms with Crippen LogP contribution in [-0.4, -0.2) is 5.78 Å². The van der Waals surface area contributed by atoms with Gasteiger partial charge in [0.15, 0.2) is 0 Å². The van der Waals surface area contributed by atoms with Crippen molar-refractivity contribution in [2.75, 3.05) is 0 Å². The highest BCUT2D eigenvalue weighted by Gasteiger charge is 2.16. The van der Waals surface area contributed by atoms with Gasteiger partial charge in [-0.05, 0) is 45.2 Å². The van der Waals surface area contributed by atoms with E-state index in [1.807, 2.05) is 29.1 Å². The summed E-state index contributed by atoms with van der Waals surface area (Å²) in [5, 5.41) is 5.82. The lowest BCUT2D eigenvalue weighted by molar-refractivity contribution is 0.104. The number of carbonyl (C=O) groups is 1. The van der Waals surface area contributed by atoms with Gasteiger partial charge in [-0.1, -0.05) is 0 Å². The molecule has 0 saturated heterocycles. The number of rotatable bonds is 2. The quantitative estimate of drug-likeness (QED) is 0.760. The summed E-state index contributed by atoms with van der Waals surface area (Å²) >= 11 is 6.41. The summed E-state index contributed by atoms with van der Waals surface area (Å²) in [4.78, 5) is 12.8. The molecule has 1 nitrogen and oxygen atoms in total. The van der Waals surface area contributed by atoms with Gasteiger partial charge in [0.25, 0.3) is 0 Å². The van der Waals surface area contributed by atoms with E-state index in [-0.39, 0.29) is 5.78 Å². The third kappa shape index (κ3) is 1.69. The van der Waals surface area contributed by atoms with Crippen molar-refractivity contribution in [2.45, 2.75) is 6.92 Å². The van der Waals surface area contributed by atoms with E-state index in [1.165, 1.54) is 11.3 Å². The van der Waals surface area contributed by atoms with E-state index in [1.54, 1.807) is 11.3 Å². The number of carbonyl (C=O) groups excluding carboxylic acids is 1. The molecule has 72 valence electrons. The van der Waals surface area contributed by atoms with Crippen LogP contribution in [0.25, 0.3) is 0 Å². The monoisotopic (exact) mass is 286 g/mol. The summed E-state index contributed by atoms with van der Waals surface area (Å²) in [6, 6.07) is 1.90. The van der Waals surface area contributed by atoms with Gasteiger partial charge in [0, 0.05) is 15.4 Å². The lowest BCUT2D eigenvalue weighted by Crippen LogP contribution is -1.99. The zero-order valence-corrected chi connectivity index (χ0v) is 10.6. The molecule has 0 aliphatic heterocycles. The Morgan fingerprint density at radius 2 is 2.21 bits per heavy atom. The third-order valence-corrected chi connectivity index (χ3v) is 4.62. The fourth-order valence-electron chi connectivity index (χ4n) is 1.17. The Labute approximate surface area is 98.5 Å². The van der Waals surface area contributed by atoms with E-state index in [2.05, 4.69) is 15.9 Å². The molecule has 0 unspecified atom stereocenters. The van der Waals surface area contributed by atoms with Crippen molar-refractivity contribution >= 4 is 44.4 Å². The van der Waals surface area contributed by atoms with Crippen LogP contribution in [0, 0.1) is 6.92 Å². The lowest BCUT2D eigenvalue weighted by atomic mass is 10.1. The molecule has 0 saturated carbocycles. The number of halogens is 1. The summed E-state index contributed by atoms with van der Waals surface area (Å²) < 4.78 is 0.887. The van der Waals surface area contributed by atoms with Crippen LogP contribution >= 0.6 is 38.6 Å². The van der Waals surface area contributed by atoms with Crippen LogP contribution in [0.1, 0.15) is 20.8 Å². The van der Waals surface area contributed by atoms with Crippen molar-refractivity contribution in [2.24, 2.45) is 0 Å². The van der Waals surface area contributed by atoms with E-state index >= 15 is 0 Å². The molecule has 4 heteroatoms. The molecule has 0 aliphatic carbocycles. The van der Waals surface area contributed by atoms with Crippen molar-refractivity contribution in [3.05, 3.63) is 42.7 Å². The first-order valence-corrected chi connectivity index (χ1v) is 6.62. The van der Waals surface area contributed by atoms with E-state index in [9.17, 15) is 4.79 Å². The average molecular weight is 287 g/mol. The molecule has 0 N–H and O–H groups in total. The van der Waals surface area contributed by atoms with Crippen molar-refractivity contribution in [3.8, 4) is 0 Å². The Bertz CT molecular complexity index is 428. The topological polar surface area (TPSA) is 17.1 Å². The Morgan fingerprint density at radius 3 is 2.71 bits per heavy atom. The third-order valence-electron chi connectivity index (χ3n) is 1.92. The number of hydrogen-bond acceptors (Lipinski definition) is 3. The van der Waals surface area contributed by atoms with Crippen molar-refractivity contribution in [1.29, 1.82) is 0 Å². The molecule has 2 rings (SSSR count). The van der Waals surface area contributed by atoms with Crippen LogP contribution in [0.5, 0.6) is 0 Å². The normalized spacial score (nSPS) is 10.4. The van der Waals surface area contributed by atoms with Gasteiger partial charge in [0.2, 0.25) is 5.78 Å². The van der Waals surface area contributed by atoms with Crippen LogP contribution in [0.3, 0.4) is 0 Å². The minimum Gasteiger partial charge on any atom is -0.288 e. The maximum Gasteiger partial charge on any atom is 0.205 e. The van der Waals surface area contributed by atoms with Crippen LogP contribution in [0.15, 0.2) is 26.7 Å². The maximum absolute atomic E-state index is 12.0. The zero-order chi connectivity index (χ0) is 10.1. The second kappa shape index (κ2) is 3.96. The number of ketones is 1. The zero-order valence-electron chi connectivity index (χ0n) is 7.41. The average Bonchev–Trinajstić information content (AvgIpc) is 2.73. The molecule has 0 amide bonds. The summed E-state index contributed by atoms with van der Waals surface area (Å²) in [5.41, 5.74) is 1.87. The lowest BCUT2D eigenvalue weighted by Gasteiger charge is -1.97. The summed E-state index contributed by atoms with van der Waals surface area (Å²) in [7, 11) is 0. The van der Waals surface area contributed by atoms with Gasteiger partial charge in [0.05, 0.1) is 4.88 Å². The smallest absolute Gasteiger partial charge is 0.205 e. The van der Waals surface area contributed by atoms with E-state index in [0.717, 1.165) is 20.5 Å². The minimum absolute atomic E-state index is 0.116. The molecule has 0 aliphatic rings. The van der Waals surface area contributed by atoms with Gasteiger partial charge >= 0.3 is 0 Å². The van der Waals surface area contributed by atoms with Gasteiger partial charge in [0.1, 0.15) is 0 Å². The van der Waals surface area contributed by atoms with Gasteiger partial charge in [-0.3, -0.25) is 4.79 Å². The molecular formula is C10H7BrOS2. The highest BCUT2D eigenvalue weighted by Crippen LogP contribution is 2.27. The highest BCUT2D eigenvalue weighted by atomic mass is 79.9. The molecule has 2 aromatic rings. The van der Waals surface area contributed by atoms with Crippen LogP contribution < -0.4 is 0 Å². The van der Waals surface area contributed by atoms with Crippen molar-refractivity contribution in [3.63, 3.8) is 0 Å². The van der Waals surface area contributed by atoms with E-state index in [4.69, 9.17) is 0 Å². The summed E-state index contributed by atoms with van der Waals surface area (Å²) in [5.74, 6) is 0.116. The summed E-state index contributed by atoms with van der Waals surface area (Å²) in [6.07, 6.45) is 0. The first-order chi connectivity index (χ1) is 6.70. The Hall–Kier alpha value is -0.450. The molecule has 14 heavy (non-hydrogen) atoms. The minimum atomic E-state index is 0.116. The fourth-order valence-corrected chi connectivity index (χ4v) is 3.50. The second-order valence-electron chi connectivity index (χ2n) is 2.90. The molecule has 0 aromatic carbocycles. The van der Waals surface area contributed by atoms with Gasteiger partial charge in [-0.2, -0.15) is 11.3 Å². The molecule has 2 heterocycles. The second-order valence-corrected chi connectivity index (χ2v) is 5.41. The molecule has 0 fully saturated rings. The predicted molar refractivity (Wildman–Crippen MR) is 64.5 cm³/mol. The Kier molecular flexibility index (Phi) is 2.85. The molecular weight excluding hydrogens is 280 g/mol.